The number of amides is 1. The van der Waals surface area contributed by atoms with Crippen molar-refractivity contribution in [3.8, 4) is 0 Å². The summed E-state index contributed by atoms with van der Waals surface area (Å²) >= 11 is 0. The summed E-state index contributed by atoms with van der Waals surface area (Å²) in [5.41, 5.74) is 11.2. The Hall–Kier alpha value is -3.25. The Kier molecular flexibility index (Phi) is 4.49. The van der Waals surface area contributed by atoms with Crippen molar-refractivity contribution in [1.82, 2.24) is 25.5 Å². The number of anilines is 3. The molecule has 0 radical (unpaired) electrons. The van der Waals surface area contributed by atoms with Crippen molar-refractivity contribution in [3.63, 3.8) is 0 Å². The van der Waals surface area contributed by atoms with Gasteiger partial charge in [0.05, 0.1) is 0 Å². The van der Waals surface area contributed by atoms with E-state index in [0.29, 0.717) is 13.1 Å². The topological polar surface area (TPSA) is 178 Å². The van der Waals surface area contributed by atoms with Gasteiger partial charge in [-0.25, -0.2) is 14.3 Å². The van der Waals surface area contributed by atoms with Gasteiger partial charge in [-0.1, -0.05) is 5.22 Å². The molecule has 1 amide bonds. The lowest BCUT2D eigenvalue weighted by Crippen LogP contribution is -2.41. The average molecular weight is 336 g/mol. The molecular weight excluding hydrogens is 320 g/mol. The van der Waals surface area contributed by atoms with Crippen LogP contribution in [0.5, 0.6) is 0 Å². The van der Waals surface area contributed by atoms with Crippen molar-refractivity contribution in [3.05, 3.63) is 0 Å². The van der Waals surface area contributed by atoms with Crippen LogP contribution in [-0.2, 0) is 4.79 Å². The third kappa shape index (κ3) is 3.39. The first-order valence-electron chi connectivity index (χ1n) is 7.28. The van der Waals surface area contributed by atoms with Crippen LogP contribution in [0.1, 0.15) is 19.3 Å². The van der Waals surface area contributed by atoms with Crippen molar-refractivity contribution < 1.29 is 14.1 Å². The molecule has 2 aromatic heterocycles. The second kappa shape index (κ2) is 6.89. The molecule has 13 nitrogen and oxygen atoms in total. The summed E-state index contributed by atoms with van der Waals surface area (Å²) in [5, 5.41) is 22.8. The van der Waals surface area contributed by atoms with Crippen molar-refractivity contribution in [2.75, 3.05) is 36.1 Å². The van der Waals surface area contributed by atoms with Gasteiger partial charge in [0, 0.05) is 13.1 Å². The Morgan fingerprint density at radius 1 is 1.08 bits per heavy atom. The quantitative estimate of drug-likeness (QED) is 0.563. The predicted octanol–water partition coefficient (Wildman–Crippen LogP) is 0.135. The minimum atomic E-state index is -0.137. The van der Waals surface area contributed by atoms with Crippen LogP contribution in [0.25, 0.3) is 0 Å². The largest absolute Gasteiger partial charge is 0.378 e. The molecule has 1 saturated heterocycles. The van der Waals surface area contributed by atoms with Crippen molar-refractivity contribution >= 4 is 29.2 Å². The highest BCUT2D eigenvalue weighted by Crippen LogP contribution is 2.22. The molecule has 24 heavy (non-hydrogen) atoms. The Balaban J connectivity index is 1.77. The van der Waals surface area contributed by atoms with Crippen LogP contribution < -0.4 is 16.5 Å². The van der Waals surface area contributed by atoms with Gasteiger partial charge < -0.3 is 16.4 Å². The Morgan fingerprint density at radius 2 is 1.79 bits per heavy atom. The number of carbonyl (C=O) groups is 1. The third-order valence-electron chi connectivity index (χ3n) is 3.48. The maximum Gasteiger partial charge on any atom is 0.263 e. The molecule has 0 unspecified atom stereocenters. The second-order valence-corrected chi connectivity index (χ2v) is 5.13. The van der Waals surface area contributed by atoms with Crippen LogP contribution in [0.4, 0.5) is 23.3 Å². The molecule has 3 rings (SSSR count). The number of piperidine rings is 1. The summed E-state index contributed by atoms with van der Waals surface area (Å²) in [6.07, 6.45) is 3.07. The summed E-state index contributed by atoms with van der Waals surface area (Å²) in [7, 11) is 0. The molecule has 0 aromatic carbocycles. The van der Waals surface area contributed by atoms with Crippen LogP contribution in [0.2, 0.25) is 0 Å². The summed E-state index contributed by atoms with van der Waals surface area (Å²) in [4.78, 5) is 14.2. The van der Waals surface area contributed by atoms with E-state index in [0.717, 1.165) is 24.3 Å². The van der Waals surface area contributed by atoms with E-state index in [1.165, 1.54) is 0 Å². The van der Waals surface area contributed by atoms with Gasteiger partial charge in [-0.05, 0) is 39.9 Å². The lowest BCUT2D eigenvalue weighted by molar-refractivity contribution is -0.130. The van der Waals surface area contributed by atoms with E-state index < -0.39 is 0 Å². The zero-order valence-electron chi connectivity index (χ0n) is 12.7. The van der Waals surface area contributed by atoms with Gasteiger partial charge in [0.1, 0.15) is 6.54 Å². The molecule has 0 bridgehead atoms. The van der Waals surface area contributed by atoms with Crippen LogP contribution in [0, 0.1) is 0 Å². The fourth-order valence-corrected chi connectivity index (χ4v) is 2.25. The van der Waals surface area contributed by atoms with Crippen molar-refractivity contribution in [2.24, 2.45) is 10.3 Å². The molecule has 0 aliphatic carbocycles. The fraction of sp³-hybridized carbons (Fsp3) is 0.545. The standard InChI is InChI=1S/C11H16N10O3/c12-8-10(17-23-15-8)14-19-21(11-9(13)16-24-18-11)6-7(22)20-4-2-1-3-5-20/h1-6H2,(H2,12,15)(H2,13,16). The normalized spacial score (nSPS) is 15.1. The summed E-state index contributed by atoms with van der Waals surface area (Å²) in [6, 6.07) is 0. The van der Waals surface area contributed by atoms with E-state index >= 15 is 0 Å². The summed E-state index contributed by atoms with van der Waals surface area (Å²) in [6.45, 7) is 1.28. The summed E-state index contributed by atoms with van der Waals surface area (Å²) in [5.74, 6) is -0.152. The molecule has 13 heteroatoms. The van der Waals surface area contributed by atoms with Crippen molar-refractivity contribution in [2.45, 2.75) is 19.3 Å². The van der Waals surface area contributed by atoms with E-state index in [9.17, 15) is 4.79 Å². The smallest absolute Gasteiger partial charge is 0.263 e. The third-order valence-corrected chi connectivity index (χ3v) is 3.48. The highest BCUT2D eigenvalue weighted by atomic mass is 16.6. The molecule has 1 aliphatic rings. The lowest BCUT2D eigenvalue weighted by atomic mass is 10.1. The average Bonchev–Trinajstić information content (AvgIpc) is 3.20. The number of rotatable bonds is 5. The van der Waals surface area contributed by atoms with E-state index in [-0.39, 0.29) is 35.7 Å². The van der Waals surface area contributed by atoms with E-state index in [1.807, 2.05) is 0 Å². The number of aromatic nitrogens is 4. The minimum Gasteiger partial charge on any atom is -0.378 e. The van der Waals surface area contributed by atoms with Crippen LogP contribution in [0.3, 0.4) is 0 Å². The Bertz CT molecular complexity index is 719. The molecule has 128 valence electrons. The van der Waals surface area contributed by atoms with Gasteiger partial charge in [-0.15, -0.1) is 5.11 Å². The number of nitrogens with two attached hydrogens (primary N) is 2. The first kappa shape index (κ1) is 15.6. The van der Waals surface area contributed by atoms with Gasteiger partial charge in [-0.2, -0.15) is 0 Å². The number of nitrogens with zero attached hydrogens (tertiary/aromatic N) is 8. The fourth-order valence-electron chi connectivity index (χ4n) is 2.25. The molecule has 0 saturated carbocycles. The van der Waals surface area contributed by atoms with Gasteiger partial charge in [-0.3, -0.25) is 4.79 Å². The first-order chi connectivity index (χ1) is 11.6. The van der Waals surface area contributed by atoms with Crippen molar-refractivity contribution in [1.29, 1.82) is 0 Å². The van der Waals surface area contributed by atoms with Gasteiger partial charge in [0.15, 0.2) is 0 Å². The Labute approximate surface area is 135 Å². The molecule has 2 aromatic rings. The number of likely N-dealkylation sites (tertiary alicyclic amines) is 1. The van der Waals surface area contributed by atoms with Gasteiger partial charge in [0.2, 0.25) is 23.4 Å². The van der Waals surface area contributed by atoms with Gasteiger partial charge >= 0.3 is 0 Å². The van der Waals surface area contributed by atoms with Gasteiger partial charge in [0.25, 0.3) is 5.82 Å². The van der Waals surface area contributed by atoms with Crippen LogP contribution in [0.15, 0.2) is 19.6 Å². The molecule has 4 N–H and O–H groups in total. The van der Waals surface area contributed by atoms with Crippen LogP contribution in [-0.4, -0.2) is 51.1 Å². The number of hydrogen-bond donors (Lipinski definition) is 2. The first-order valence-corrected chi connectivity index (χ1v) is 7.28. The highest BCUT2D eigenvalue weighted by Gasteiger charge is 2.23. The molecule has 0 spiro atoms. The molecular formula is C11H16N10O3. The maximum absolute atomic E-state index is 12.4. The Morgan fingerprint density at radius 3 is 2.42 bits per heavy atom. The summed E-state index contributed by atoms with van der Waals surface area (Å²) < 4.78 is 8.97. The molecule has 1 aliphatic heterocycles. The molecule has 0 atom stereocenters. The SMILES string of the molecule is Nc1nonc1N=NN(CC(=O)N1CCCCC1)c1nonc1N. The minimum absolute atomic E-state index is 0.0216. The second-order valence-electron chi connectivity index (χ2n) is 5.13. The zero-order valence-corrected chi connectivity index (χ0v) is 12.7. The monoisotopic (exact) mass is 336 g/mol. The highest BCUT2D eigenvalue weighted by molar-refractivity contribution is 5.81. The number of nitrogen functional groups attached to an aromatic ring is 2. The van der Waals surface area contributed by atoms with E-state index in [2.05, 4.69) is 40.2 Å². The number of carbonyl (C=O) groups excluding carboxylic acids is 1. The van der Waals surface area contributed by atoms with E-state index in [1.54, 1.807) is 4.90 Å². The number of hydrogen-bond acceptors (Lipinski definition) is 11. The molecule has 1 fully saturated rings. The molecule has 3 heterocycles. The predicted molar refractivity (Wildman–Crippen MR) is 79.7 cm³/mol. The van der Waals surface area contributed by atoms with Crippen LogP contribution >= 0.6 is 0 Å². The maximum atomic E-state index is 12.4. The zero-order chi connectivity index (χ0) is 16.9. The lowest BCUT2D eigenvalue weighted by Gasteiger charge is -2.27. The van der Waals surface area contributed by atoms with E-state index in [4.69, 9.17) is 11.5 Å².